The lowest BCUT2D eigenvalue weighted by Gasteiger charge is -2.46. The number of hydrogen-bond donors (Lipinski definition) is 0. The van der Waals surface area contributed by atoms with Crippen molar-refractivity contribution in [2.45, 2.75) is 348 Å². The summed E-state index contributed by atoms with van der Waals surface area (Å²) in [7, 11) is -8.90. The van der Waals surface area contributed by atoms with Crippen molar-refractivity contribution in [2.24, 2.45) is 0 Å². The van der Waals surface area contributed by atoms with Crippen LogP contribution < -0.4 is 42.0 Å². The minimum atomic E-state index is -1.82. The normalized spacial score (nSPS) is 14.0. The SMILES string of the molecule is CCCC[Si](CCCC)(CCCC)c1ccc(P(c2ccc([Si](CCCC)(CCCC)CCCC)cc2)N(C2CCCCC2)P(c2cccc([Si](CCCC)(CCCC)CCCC)c2)c2cccc([Si](CCCC)(CCCC)CCCC)c2)cc1. The van der Waals surface area contributed by atoms with Gasteiger partial charge in [0.05, 0.1) is 32.3 Å². The van der Waals surface area contributed by atoms with E-state index in [1.165, 1.54) is 259 Å². The highest BCUT2D eigenvalue weighted by Crippen LogP contribution is 2.58. The van der Waals surface area contributed by atoms with Gasteiger partial charge in [0.25, 0.3) is 0 Å². The first-order valence-electron chi connectivity index (χ1n) is 37.4. The molecule has 0 amide bonds. The van der Waals surface area contributed by atoms with Crippen molar-refractivity contribution in [3.8, 4) is 0 Å². The standard InChI is InChI=1S/C78H135NP2Si4/c1-13-25-56-82(57-26-14-2,58-27-15-3)75-52-48-71(49-53-75)80(72-50-54-76(55-51-72)83(59-28-16-4,60-29-17-5)61-30-18-6)79(70-42-38-37-39-43-70)81(73-44-40-46-77(68-73)84(62-31-19-7,63-32-20-8)64-33-21-9)74-45-41-47-78(69-74)85(65-34-22-10,66-35-23-11)67-36-24-12/h40-41,44-55,68-70H,13-39,42-43,56-67H2,1-12H3. The van der Waals surface area contributed by atoms with Gasteiger partial charge in [0.1, 0.15) is 0 Å². The van der Waals surface area contributed by atoms with Crippen molar-refractivity contribution in [1.82, 2.24) is 4.44 Å². The van der Waals surface area contributed by atoms with Gasteiger partial charge < -0.3 is 0 Å². The predicted octanol–water partition coefficient (Wildman–Crippen LogP) is 22.9. The summed E-state index contributed by atoms with van der Waals surface area (Å²) < 4.78 is 3.40. The molecule has 0 aliphatic heterocycles. The van der Waals surface area contributed by atoms with Crippen LogP contribution in [0.15, 0.2) is 97.1 Å². The van der Waals surface area contributed by atoms with Gasteiger partial charge in [-0.2, -0.15) is 0 Å². The molecular weight excluding hydrogens is 1130 g/mol. The first-order valence-corrected chi connectivity index (χ1v) is 50.5. The average molecular weight is 1260 g/mol. The number of unbranched alkanes of at least 4 members (excludes halogenated alkanes) is 12. The fourth-order valence-electron chi connectivity index (χ4n) is 15.8. The maximum atomic E-state index is 3.40. The van der Waals surface area contributed by atoms with Crippen molar-refractivity contribution in [3.63, 3.8) is 0 Å². The minimum absolute atomic E-state index is 0.543. The molecule has 478 valence electrons. The highest BCUT2D eigenvalue weighted by Gasteiger charge is 2.42. The molecule has 7 heteroatoms. The van der Waals surface area contributed by atoms with E-state index in [4.69, 9.17) is 0 Å². The van der Waals surface area contributed by atoms with Crippen molar-refractivity contribution in [1.29, 1.82) is 0 Å². The molecule has 0 radical (unpaired) electrons. The van der Waals surface area contributed by atoms with Crippen molar-refractivity contribution < 1.29 is 0 Å². The van der Waals surface area contributed by atoms with Crippen molar-refractivity contribution in [3.05, 3.63) is 97.1 Å². The molecule has 4 aromatic rings. The minimum Gasteiger partial charge on any atom is -0.242 e. The third-order valence-electron chi connectivity index (χ3n) is 21.3. The Morgan fingerprint density at radius 3 is 0.765 bits per heavy atom. The second-order valence-corrected chi connectivity index (χ2v) is 50.8. The molecule has 0 N–H and O–H groups in total. The molecule has 0 unspecified atom stereocenters. The first kappa shape index (κ1) is 74.3. The lowest BCUT2D eigenvalue weighted by molar-refractivity contribution is 0.355. The van der Waals surface area contributed by atoms with E-state index >= 15 is 0 Å². The monoisotopic (exact) mass is 1260 g/mol. The van der Waals surface area contributed by atoms with Crippen LogP contribution in [0.25, 0.3) is 0 Å². The fourth-order valence-corrected chi connectivity index (χ4v) is 44.9. The maximum absolute atomic E-state index is 3.40. The number of benzene rings is 4. The van der Waals surface area contributed by atoms with Gasteiger partial charge in [0.2, 0.25) is 0 Å². The molecule has 4 aromatic carbocycles. The van der Waals surface area contributed by atoms with E-state index in [1.54, 1.807) is 31.6 Å². The Balaban J connectivity index is 1.98. The van der Waals surface area contributed by atoms with Crippen LogP contribution in [0.1, 0.15) is 269 Å². The number of nitrogens with zero attached hydrogens (tertiary/aromatic N) is 1. The van der Waals surface area contributed by atoms with E-state index < -0.39 is 48.4 Å². The number of rotatable bonds is 47. The second-order valence-electron chi connectivity index (χ2n) is 27.8. The van der Waals surface area contributed by atoms with E-state index in [1.807, 2.05) is 10.4 Å². The second kappa shape index (κ2) is 41.1. The predicted molar refractivity (Wildman–Crippen MR) is 405 cm³/mol. The third kappa shape index (κ3) is 21.3. The van der Waals surface area contributed by atoms with Gasteiger partial charge in [-0.25, -0.2) is 4.44 Å². The molecule has 0 aromatic heterocycles. The largest absolute Gasteiger partial charge is 0.242 e. The van der Waals surface area contributed by atoms with Gasteiger partial charge in [0, 0.05) is 22.2 Å². The van der Waals surface area contributed by atoms with Crippen molar-refractivity contribution in [2.75, 3.05) is 0 Å². The molecule has 1 aliphatic carbocycles. The first-order chi connectivity index (χ1) is 41.6. The third-order valence-corrected chi connectivity index (χ3v) is 48.8. The van der Waals surface area contributed by atoms with Crippen LogP contribution >= 0.6 is 16.1 Å². The lowest BCUT2D eigenvalue weighted by Crippen LogP contribution is -2.50. The van der Waals surface area contributed by atoms with Gasteiger partial charge in [0.15, 0.2) is 0 Å². The Bertz CT molecular complexity index is 2110. The van der Waals surface area contributed by atoms with Crippen LogP contribution in [0.3, 0.4) is 0 Å². The van der Waals surface area contributed by atoms with Crippen LogP contribution in [0, 0.1) is 0 Å². The molecule has 0 atom stereocenters. The summed E-state index contributed by atoms with van der Waals surface area (Å²) in [5.74, 6) is 0. The Morgan fingerprint density at radius 2 is 0.518 bits per heavy atom. The molecule has 0 spiro atoms. The quantitative estimate of drug-likeness (QED) is 0.0315. The van der Waals surface area contributed by atoms with E-state index in [0.29, 0.717) is 6.04 Å². The average Bonchev–Trinajstić information content (AvgIpc) is 1.94. The molecule has 5 rings (SSSR count). The summed E-state index contributed by atoms with van der Waals surface area (Å²) in [5.41, 5.74) is 0. The van der Waals surface area contributed by atoms with E-state index in [-0.39, 0.29) is 0 Å². The summed E-state index contributed by atoms with van der Waals surface area (Å²) in [6.45, 7) is 29.4. The highest BCUT2D eigenvalue weighted by atomic mass is 31.2. The fraction of sp³-hybridized carbons (Fsp3) is 0.692. The van der Waals surface area contributed by atoms with Gasteiger partial charge in [-0.3, -0.25) is 0 Å². The molecular formula is C78H135NP2Si4. The van der Waals surface area contributed by atoms with Gasteiger partial charge in [-0.15, -0.1) is 0 Å². The molecule has 0 heterocycles. The van der Waals surface area contributed by atoms with E-state index in [9.17, 15) is 0 Å². The van der Waals surface area contributed by atoms with Crippen LogP contribution in [0.4, 0.5) is 0 Å². The Labute approximate surface area is 536 Å². The van der Waals surface area contributed by atoms with E-state index in [2.05, 4.69) is 185 Å². The Hall–Kier alpha value is -1.43. The zero-order valence-corrected chi connectivity index (χ0v) is 63.9. The van der Waals surface area contributed by atoms with Crippen LogP contribution in [-0.4, -0.2) is 42.8 Å². The summed E-state index contributed by atoms with van der Waals surface area (Å²) in [6.07, 6.45) is 39.0. The molecule has 1 fully saturated rings. The Kier molecular flexibility index (Phi) is 36.0. The topological polar surface area (TPSA) is 3.24 Å². The summed E-state index contributed by atoms with van der Waals surface area (Å²) in [6, 6.07) is 62.3. The zero-order valence-electron chi connectivity index (χ0n) is 58.1. The molecule has 1 nitrogen and oxygen atoms in total. The maximum Gasteiger partial charge on any atom is 0.0867 e. The summed E-state index contributed by atoms with van der Waals surface area (Å²) in [5, 5.41) is 13.8. The zero-order chi connectivity index (χ0) is 61.2. The molecule has 85 heavy (non-hydrogen) atoms. The van der Waals surface area contributed by atoms with Crippen LogP contribution in [0.2, 0.25) is 72.5 Å². The smallest absolute Gasteiger partial charge is 0.0867 e. The molecule has 0 bridgehead atoms. The molecule has 0 saturated heterocycles. The van der Waals surface area contributed by atoms with Gasteiger partial charge >= 0.3 is 0 Å². The highest BCUT2D eigenvalue weighted by molar-refractivity contribution is 7.84. The Morgan fingerprint density at radius 1 is 0.282 bits per heavy atom. The van der Waals surface area contributed by atoms with E-state index in [0.717, 1.165) is 0 Å². The summed E-state index contributed by atoms with van der Waals surface area (Å²) >= 11 is 0. The molecule has 1 aliphatic rings. The van der Waals surface area contributed by atoms with Crippen LogP contribution in [-0.2, 0) is 0 Å². The van der Waals surface area contributed by atoms with Crippen molar-refractivity contribution >= 4 is 90.4 Å². The summed E-state index contributed by atoms with van der Waals surface area (Å²) in [4.78, 5) is 0. The van der Waals surface area contributed by atoms with Crippen LogP contribution in [0.5, 0.6) is 0 Å². The van der Waals surface area contributed by atoms with Gasteiger partial charge in [-0.05, 0) is 34.1 Å². The van der Waals surface area contributed by atoms with Gasteiger partial charge in [-0.1, -0.05) is 447 Å². The number of hydrogen-bond acceptors (Lipinski definition) is 1. The lowest BCUT2D eigenvalue weighted by atomic mass is 9.96. The molecule has 1 saturated carbocycles.